The van der Waals surface area contributed by atoms with Crippen molar-refractivity contribution in [2.75, 3.05) is 6.61 Å². The fourth-order valence-corrected chi connectivity index (χ4v) is 3.03. The standard InChI is InChI=1S/C16H29N3O2S/c1-7-16(6,8-9-20)19-14(21)17-11(2)13-18-12(10-22-13)15(3,4)5/h10-11,20H,7-9H2,1-6H3,(H2,17,19,21). The number of urea groups is 1. The molecule has 1 aromatic rings. The zero-order valence-corrected chi connectivity index (χ0v) is 15.3. The van der Waals surface area contributed by atoms with Gasteiger partial charge in [-0.2, -0.15) is 0 Å². The topological polar surface area (TPSA) is 74.2 Å². The van der Waals surface area contributed by atoms with Crippen LogP contribution in [0.2, 0.25) is 0 Å². The van der Waals surface area contributed by atoms with Crippen LogP contribution >= 0.6 is 11.3 Å². The van der Waals surface area contributed by atoms with Crippen LogP contribution in [-0.4, -0.2) is 28.3 Å². The Bertz CT molecular complexity index is 496. The van der Waals surface area contributed by atoms with Crippen molar-refractivity contribution in [1.82, 2.24) is 15.6 Å². The second kappa shape index (κ2) is 7.42. The molecule has 0 fully saturated rings. The van der Waals surface area contributed by atoms with Crippen molar-refractivity contribution in [3.05, 3.63) is 16.1 Å². The highest BCUT2D eigenvalue weighted by molar-refractivity contribution is 7.09. The van der Waals surface area contributed by atoms with E-state index in [2.05, 4.69) is 36.4 Å². The van der Waals surface area contributed by atoms with Gasteiger partial charge in [-0.25, -0.2) is 9.78 Å². The normalized spacial score (nSPS) is 16.0. The lowest BCUT2D eigenvalue weighted by Gasteiger charge is -2.29. The molecule has 3 N–H and O–H groups in total. The molecule has 0 bridgehead atoms. The summed E-state index contributed by atoms with van der Waals surface area (Å²) in [5.41, 5.74) is 0.664. The third kappa shape index (κ3) is 5.25. The highest BCUT2D eigenvalue weighted by Gasteiger charge is 2.25. The van der Waals surface area contributed by atoms with Crippen LogP contribution in [0.25, 0.3) is 0 Å². The average Bonchev–Trinajstić information content (AvgIpc) is 2.88. The minimum Gasteiger partial charge on any atom is -0.396 e. The molecule has 0 radical (unpaired) electrons. The van der Waals surface area contributed by atoms with Crippen LogP contribution < -0.4 is 10.6 Å². The highest BCUT2D eigenvalue weighted by atomic mass is 32.1. The molecule has 1 aromatic heterocycles. The van der Waals surface area contributed by atoms with Gasteiger partial charge in [0.2, 0.25) is 0 Å². The van der Waals surface area contributed by atoms with Gasteiger partial charge >= 0.3 is 6.03 Å². The van der Waals surface area contributed by atoms with Crippen LogP contribution in [0.4, 0.5) is 4.79 Å². The van der Waals surface area contributed by atoms with Crippen molar-refractivity contribution >= 4 is 17.4 Å². The first-order valence-corrected chi connectivity index (χ1v) is 8.64. The van der Waals surface area contributed by atoms with Gasteiger partial charge in [0.1, 0.15) is 5.01 Å². The Morgan fingerprint density at radius 3 is 2.50 bits per heavy atom. The summed E-state index contributed by atoms with van der Waals surface area (Å²) in [4.78, 5) is 16.8. The van der Waals surface area contributed by atoms with Gasteiger partial charge in [-0.05, 0) is 26.7 Å². The number of thiazole rings is 1. The molecular weight excluding hydrogens is 298 g/mol. The van der Waals surface area contributed by atoms with E-state index in [1.54, 1.807) is 11.3 Å². The number of aliphatic hydroxyl groups is 1. The maximum Gasteiger partial charge on any atom is 0.315 e. The smallest absolute Gasteiger partial charge is 0.315 e. The van der Waals surface area contributed by atoms with Crippen LogP contribution in [-0.2, 0) is 5.41 Å². The summed E-state index contributed by atoms with van der Waals surface area (Å²) in [6.07, 6.45) is 1.30. The summed E-state index contributed by atoms with van der Waals surface area (Å²) >= 11 is 1.57. The number of amides is 2. The van der Waals surface area contributed by atoms with Gasteiger partial charge in [-0.15, -0.1) is 11.3 Å². The number of carbonyl (C=O) groups excluding carboxylic acids is 1. The number of nitrogens with one attached hydrogen (secondary N) is 2. The molecule has 2 atom stereocenters. The Morgan fingerprint density at radius 1 is 1.41 bits per heavy atom. The van der Waals surface area contributed by atoms with Crippen LogP contribution in [0, 0.1) is 0 Å². The quantitative estimate of drug-likeness (QED) is 0.750. The molecule has 6 heteroatoms. The van der Waals surface area contributed by atoms with Gasteiger partial charge in [-0.3, -0.25) is 0 Å². The van der Waals surface area contributed by atoms with E-state index in [-0.39, 0.29) is 24.1 Å². The largest absolute Gasteiger partial charge is 0.396 e. The summed E-state index contributed by atoms with van der Waals surface area (Å²) in [7, 11) is 0. The third-order valence-electron chi connectivity index (χ3n) is 3.87. The molecule has 22 heavy (non-hydrogen) atoms. The van der Waals surface area contributed by atoms with Crippen molar-refractivity contribution in [3.8, 4) is 0 Å². The summed E-state index contributed by atoms with van der Waals surface area (Å²) in [5.74, 6) is 0. The van der Waals surface area contributed by atoms with Crippen molar-refractivity contribution in [3.63, 3.8) is 0 Å². The maximum atomic E-state index is 12.2. The summed E-state index contributed by atoms with van der Waals surface area (Å²) < 4.78 is 0. The van der Waals surface area contributed by atoms with E-state index in [0.29, 0.717) is 6.42 Å². The maximum absolute atomic E-state index is 12.2. The van der Waals surface area contributed by atoms with Gasteiger partial charge in [-0.1, -0.05) is 27.7 Å². The molecule has 2 unspecified atom stereocenters. The third-order valence-corrected chi connectivity index (χ3v) is 4.90. The second-order valence-corrected chi connectivity index (χ2v) is 7.92. The van der Waals surface area contributed by atoms with Gasteiger partial charge in [0.25, 0.3) is 0 Å². The molecule has 0 aliphatic carbocycles. The second-order valence-electron chi connectivity index (χ2n) is 7.03. The molecule has 0 saturated carbocycles. The molecule has 1 rings (SSSR count). The molecule has 0 aliphatic heterocycles. The lowest BCUT2D eigenvalue weighted by molar-refractivity contribution is 0.199. The van der Waals surface area contributed by atoms with Crippen LogP contribution in [0.1, 0.15) is 71.1 Å². The average molecular weight is 327 g/mol. The molecule has 0 saturated heterocycles. The Kier molecular flexibility index (Phi) is 6.38. The molecule has 0 spiro atoms. The monoisotopic (exact) mass is 327 g/mol. The minimum atomic E-state index is -0.391. The predicted octanol–water partition coefficient (Wildman–Crippen LogP) is 3.35. The number of rotatable bonds is 6. The molecule has 2 amide bonds. The van der Waals surface area contributed by atoms with E-state index in [1.165, 1.54) is 0 Å². The Labute approximate surface area is 137 Å². The number of aliphatic hydroxyl groups excluding tert-OH is 1. The Morgan fingerprint density at radius 2 is 2.05 bits per heavy atom. The van der Waals surface area contributed by atoms with E-state index in [0.717, 1.165) is 17.1 Å². The first kappa shape index (κ1) is 18.9. The molecule has 126 valence electrons. The van der Waals surface area contributed by atoms with E-state index >= 15 is 0 Å². The first-order chi connectivity index (χ1) is 10.1. The first-order valence-electron chi connectivity index (χ1n) is 7.76. The number of aromatic nitrogens is 1. The lowest BCUT2D eigenvalue weighted by Crippen LogP contribution is -2.50. The minimum absolute atomic E-state index is 0.0125. The fraction of sp³-hybridized carbons (Fsp3) is 0.750. The SMILES string of the molecule is CCC(C)(CCO)NC(=O)NC(C)c1nc(C(C)(C)C)cs1. The summed E-state index contributed by atoms with van der Waals surface area (Å²) in [6.45, 7) is 12.3. The van der Waals surface area contributed by atoms with Crippen molar-refractivity contribution < 1.29 is 9.90 Å². The number of hydrogen-bond acceptors (Lipinski definition) is 4. The summed E-state index contributed by atoms with van der Waals surface area (Å²) in [5, 5.41) is 17.9. The molecule has 0 aliphatic rings. The van der Waals surface area contributed by atoms with Crippen LogP contribution in [0.5, 0.6) is 0 Å². The number of carbonyl (C=O) groups is 1. The van der Waals surface area contributed by atoms with Crippen molar-refractivity contribution in [1.29, 1.82) is 0 Å². The van der Waals surface area contributed by atoms with Crippen molar-refractivity contribution in [2.24, 2.45) is 0 Å². The number of hydrogen-bond donors (Lipinski definition) is 3. The summed E-state index contributed by atoms with van der Waals surface area (Å²) in [6, 6.07) is -0.367. The molecule has 0 aromatic carbocycles. The van der Waals surface area contributed by atoms with Crippen molar-refractivity contribution in [2.45, 2.75) is 71.4 Å². The molecular formula is C16H29N3O2S. The predicted molar refractivity (Wildman–Crippen MR) is 91.3 cm³/mol. The lowest BCUT2D eigenvalue weighted by atomic mass is 9.93. The van der Waals surface area contributed by atoms with E-state index in [4.69, 9.17) is 5.11 Å². The van der Waals surface area contributed by atoms with E-state index < -0.39 is 5.54 Å². The van der Waals surface area contributed by atoms with E-state index in [1.807, 2.05) is 26.2 Å². The molecule has 1 heterocycles. The highest BCUT2D eigenvalue weighted by Crippen LogP contribution is 2.26. The zero-order valence-electron chi connectivity index (χ0n) is 14.5. The Balaban J connectivity index is 2.66. The van der Waals surface area contributed by atoms with Gasteiger partial charge in [0.15, 0.2) is 0 Å². The fourth-order valence-electron chi connectivity index (χ4n) is 1.97. The molecule has 5 nitrogen and oxygen atoms in total. The number of nitrogens with zero attached hydrogens (tertiary/aromatic N) is 1. The van der Waals surface area contributed by atoms with Gasteiger partial charge in [0.05, 0.1) is 11.7 Å². The van der Waals surface area contributed by atoms with Crippen LogP contribution in [0.3, 0.4) is 0 Å². The Hall–Kier alpha value is -1.14. The zero-order chi connectivity index (χ0) is 17.0. The van der Waals surface area contributed by atoms with Gasteiger partial charge in [0, 0.05) is 22.9 Å². The van der Waals surface area contributed by atoms with E-state index in [9.17, 15) is 4.79 Å². The van der Waals surface area contributed by atoms with Gasteiger partial charge < -0.3 is 15.7 Å². The van der Waals surface area contributed by atoms with Crippen LogP contribution in [0.15, 0.2) is 5.38 Å².